The van der Waals surface area contributed by atoms with Gasteiger partial charge in [0.1, 0.15) is 11.8 Å². The second-order valence-corrected chi connectivity index (χ2v) is 5.40. The van der Waals surface area contributed by atoms with Gasteiger partial charge in [0, 0.05) is 10.6 Å². The van der Waals surface area contributed by atoms with E-state index in [4.69, 9.17) is 10.00 Å². The molecule has 0 N–H and O–H groups in total. The Morgan fingerprint density at radius 3 is 2.67 bits per heavy atom. The minimum absolute atomic E-state index is 0.468. The average Bonchev–Trinajstić information content (AvgIpc) is 2.51. The first-order valence-electron chi connectivity index (χ1n) is 6.40. The lowest BCUT2D eigenvalue weighted by atomic mass is 10.2. The molecule has 0 heterocycles. The molecule has 0 spiro atoms. The Labute approximate surface area is 126 Å². The summed E-state index contributed by atoms with van der Waals surface area (Å²) >= 11 is 1.44. The fourth-order valence-electron chi connectivity index (χ4n) is 1.68. The number of halogens is 2. The summed E-state index contributed by atoms with van der Waals surface area (Å²) < 4.78 is 31.3. The topological polar surface area (TPSA) is 33.0 Å². The van der Waals surface area contributed by atoms with E-state index >= 15 is 0 Å². The monoisotopic (exact) mass is 305 g/mol. The van der Waals surface area contributed by atoms with Gasteiger partial charge in [-0.1, -0.05) is 12.1 Å². The number of nitrogens with zero attached hydrogens (tertiary/aromatic N) is 1. The predicted molar refractivity (Wildman–Crippen MR) is 78.4 cm³/mol. The van der Waals surface area contributed by atoms with Crippen molar-refractivity contribution in [3.63, 3.8) is 0 Å². The summed E-state index contributed by atoms with van der Waals surface area (Å²) in [5, 5.41) is 8.92. The number of nitriles is 1. The number of benzene rings is 2. The van der Waals surface area contributed by atoms with E-state index in [0.29, 0.717) is 22.8 Å². The van der Waals surface area contributed by atoms with Crippen LogP contribution in [0.3, 0.4) is 0 Å². The van der Waals surface area contributed by atoms with Crippen molar-refractivity contribution in [2.24, 2.45) is 0 Å². The second kappa shape index (κ2) is 7.65. The van der Waals surface area contributed by atoms with Crippen LogP contribution < -0.4 is 4.74 Å². The third-order valence-electron chi connectivity index (χ3n) is 2.71. The van der Waals surface area contributed by atoms with Crippen molar-refractivity contribution in [1.82, 2.24) is 0 Å². The van der Waals surface area contributed by atoms with E-state index in [-0.39, 0.29) is 0 Å². The summed E-state index contributed by atoms with van der Waals surface area (Å²) in [7, 11) is 0. The molecule has 0 aliphatic rings. The van der Waals surface area contributed by atoms with Crippen LogP contribution in [-0.2, 0) is 0 Å². The summed E-state index contributed by atoms with van der Waals surface area (Å²) in [6.45, 7) is 0.468. The SMILES string of the molecule is N#Cc1ccccc1OCCCSc1ccc(F)c(F)c1. The van der Waals surface area contributed by atoms with Crippen molar-refractivity contribution in [1.29, 1.82) is 5.26 Å². The zero-order valence-electron chi connectivity index (χ0n) is 11.2. The molecule has 2 aromatic carbocycles. The number of thioether (sulfide) groups is 1. The Balaban J connectivity index is 1.75. The van der Waals surface area contributed by atoms with Crippen molar-refractivity contribution >= 4 is 11.8 Å². The Hall–Kier alpha value is -2.06. The lowest BCUT2D eigenvalue weighted by molar-refractivity contribution is 0.318. The van der Waals surface area contributed by atoms with Gasteiger partial charge in [-0.05, 0) is 36.8 Å². The highest BCUT2D eigenvalue weighted by molar-refractivity contribution is 7.99. The molecule has 0 fully saturated rings. The molecule has 0 atom stereocenters. The maximum atomic E-state index is 13.0. The molecule has 0 aromatic heterocycles. The lowest BCUT2D eigenvalue weighted by Crippen LogP contribution is -2.00. The third-order valence-corrected chi connectivity index (χ3v) is 3.79. The molecule has 0 bridgehead atoms. The van der Waals surface area contributed by atoms with E-state index in [2.05, 4.69) is 6.07 Å². The minimum atomic E-state index is -0.837. The highest BCUT2D eigenvalue weighted by Gasteiger charge is 2.04. The molecule has 0 saturated carbocycles. The fraction of sp³-hybridized carbons (Fsp3) is 0.188. The molecule has 0 saturated heterocycles. The van der Waals surface area contributed by atoms with Gasteiger partial charge >= 0.3 is 0 Å². The molecule has 0 radical (unpaired) electrons. The number of rotatable bonds is 6. The normalized spacial score (nSPS) is 10.1. The molecule has 0 unspecified atom stereocenters. The van der Waals surface area contributed by atoms with Crippen molar-refractivity contribution in [3.8, 4) is 11.8 Å². The van der Waals surface area contributed by atoms with Crippen LogP contribution in [0.25, 0.3) is 0 Å². The summed E-state index contributed by atoms with van der Waals surface area (Å²) in [4.78, 5) is 0.686. The van der Waals surface area contributed by atoms with Gasteiger partial charge in [0.05, 0.1) is 12.2 Å². The van der Waals surface area contributed by atoms with Crippen LogP contribution in [0.5, 0.6) is 5.75 Å². The molecular weight excluding hydrogens is 292 g/mol. The van der Waals surface area contributed by atoms with Crippen molar-refractivity contribution in [3.05, 3.63) is 59.7 Å². The van der Waals surface area contributed by atoms with E-state index in [0.717, 1.165) is 18.2 Å². The maximum absolute atomic E-state index is 13.0. The molecule has 2 nitrogen and oxygen atoms in total. The molecule has 21 heavy (non-hydrogen) atoms. The van der Waals surface area contributed by atoms with E-state index in [1.807, 2.05) is 6.07 Å². The smallest absolute Gasteiger partial charge is 0.159 e. The quantitative estimate of drug-likeness (QED) is 0.586. The van der Waals surface area contributed by atoms with Gasteiger partial charge in [-0.25, -0.2) is 8.78 Å². The largest absolute Gasteiger partial charge is 0.492 e. The van der Waals surface area contributed by atoms with Crippen LogP contribution in [0, 0.1) is 23.0 Å². The highest BCUT2D eigenvalue weighted by Crippen LogP contribution is 2.21. The third kappa shape index (κ3) is 4.47. The van der Waals surface area contributed by atoms with Crippen molar-refractivity contribution in [2.75, 3.05) is 12.4 Å². The van der Waals surface area contributed by atoms with Crippen LogP contribution in [0.15, 0.2) is 47.4 Å². The number of hydrogen-bond acceptors (Lipinski definition) is 3. The van der Waals surface area contributed by atoms with Crippen LogP contribution in [-0.4, -0.2) is 12.4 Å². The van der Waals surface area contributed by atoms with Gasteiger partial charge in [0.25, 0.3) is 0 Å². The molecule has 5 heteroatoms. The summed E-state index contributed by atoms with van der Waals surface area (Å²) in [6.07, 6.45) is 0.740. The van der Waals surface area contributed by atoms with Crippen molar-refractivity contribution < 1.29 is 13.5 Å². The Kier molecular flexibility index (Phi) is 5.59. The fourth-order valence-corrected chi connectivity index (χ4v) is 2.53. The van der Waals surface area contributed by atoms with Crippen LogP contribution in [0.4, 0.5) is 8.78 Å². The second-order valence-electron chi connectivity index (χ2n) is 4.23. The average molecular weight is 305 g/mol. The number of para-hydroxylation sites is 1. The van der Waals surface area contributed by atoms with Crippen LogP contribution in [0.1, 0.15) is 12.0 Å². The Morgan fingerprint density at radius 1 is 1.10 bits per heavy atom. The number of ether oxygens (including phenoxy) is 1. The van der Waals surface area contributed by atoms with E-state index in [1.165, 1.54) is 17.8 Å². The standard InChI is InChI=1S/C16H13F2NOS/c17-14-7-6-13(10-15(14)18)21-9-3-8-20-16-5-2-1-4-12(16)11-19/h1-2,4-7,10H,3,8-9H2. The predicted octanol–water partition coefficient (Wildman–Crippen LogP) is 4.40. The lowest BCUT2D eigenvalue weighted by Gasteiger charge is -2.07. The van der Waals surface area contributed by atoms with Crippen LogP contribution >= 0.6 is 11.8 Å². The highest BCUT2D eigenvalue weighted by atomic mass is 32.2. The maximum Gasteiger partial charge on any atom is 0.159 e. The van der Waals surface area contributed by atoms with Crippen LogP contribution in [0.2, 0.25) is 0 Å². The summed E-state index contributed by atoms with van der Waals surface area (Å²) in [6, 6.07) is 13.0. The van der Waals surface area contributed by atoms with Gasteiger partial charge in [-0.2, -0.15) is 5.26 Å². The molecule has 0 amide bonds. The van der Waals surface area contributed by atoms with E-state index in [1.54, 1.807) is 24.3 Å². The van der Waals surface area contributed by atoms with E-state index < -0.39 is 11.6 Å². The Bertz CT molecular complexity index is 655. The van der Waals surface area contributed by atoms with Crippen molar-refractivity contribution in [2.45, 2.75) is 11.3 Å². The zero-order valence-corrected chi connectivity index (χ0v) is 12.0. The first-order chi connectivity index (χ1) is 10.2. The van der Waals surface area contributed by atoms with Gasteiger partial charge < -0.3 is 4.74 Å². The Morgan fingerprint density at radius 2 is 1.90 bits per heavy atom. The zero-order chi connectivity index (χ0) is 15.1. The first kappa shape index (κ1) is 15.3. The molecule has 0 aliphatic carbocycles. The molecular formula is C16H13F2NOS. The summed E-state index contributed by atoms with van der Waals surface area (Å²) in [5.74, 6) is -0.382. The molecule has 2 aromatic rings. The molecule has 108 valence electrons. The molecule has 2 rings (SSSR count). The van der Waals surface area contributed by atoms with Gasteiger partial charge in [0.15, 0.2) is 11.6 Å². The van der Waals surface area contributed by atoms with Gasteiger partial charge in [-0.3, -0.25) is 0 Å². The number of hydrogen-bond donors (Lipinski definition) is 0. The minimum Gasteiger partial charge on any atom is -0.492 e. The summed E-state index contributed by atoms with van der Waals surface area (Å²) in [5.41, 5.74) is 0.505. The van der Waals surface area contributed by atoms with E-state index in [9.17, 15) is 8.78 Å². The van der Waals surface area contributed by atoms with Gasteiger partial charge in [-0.15, -0.1) is 11.8 Å². The molecule has 0 aliphatic heterocycles. The first-order valence-corrected chi connectivity index (χ1v) is 7.39. The van der Waals surface area contributed by atoms with Gasteiger partial charge in [0.2, 0.25) is 0 Å².